The Morgan fingerprint density at radius 2 is 2.07 bits per heavy atom. The van der Waals surface area contributed by atoms with Gasteiger partial charge in [0.1, 0.15) is 6.21 Å². The van der Waals surface area contributed by atoms with Crippen LogP contribution in [-0.4, -0.2) is 29.0 Å². The number of hydrogen-bond donors (Lipinski definition) is 3. The molecule has 80 valence electrons. The molecule has 0 aliphatic carbocycles. The molecule has 0 saturated heterocycles. The van der Waals surface area contributed by atoms with E-state index in [1.807, 2.05) is 12.1 Å². The molecule has 0 aromatic heterocycles. The number of carboxylic acid groups (broad SMARTS) is 1. The summed E-state index contributed by atoms with van der Waals surface area (Å²) in [4.78, 5) is 10.1. The first kappa shape index (κ1) is 11.2. The van der Waals surface area contributed by atoms with Crippen LogP contribution in [0.2, 0.25) is 0 Å². The van der Waals surface area contributed by atoms with Crippen LogP contribution in [0.15, 0.2) is 29.4 Å². The van der Waals surface area contributed by atoms with E-state index >= 15 is 0 Å². The molecular weight excluding hydrogens is 196 g/mol. The molecule has 1 aromatic rings. The number of hydrogen-bond acceptors (Lipinski definition) is 4. The van der Waals surface area contributed by atoms with Crippen molar-refractivity contribution >= 4 is 17.9 Å². The summed E-state index contributed by atoms with van der Waals surface area (Å²) in [6, 6.07) is 7.22. The molecule has 0 unspecified atom stereocenters. The third-order valence-corrected chi connectivity index (χ3v) is 1.72. The van der Waals surface area contributed by atoms with E-state index in [9.17, 15) is 4.79 Å². The van der Waals surface area contributed by atoms with Gasteiger partial charge in [-0.3, -0.25) is 5.43 Å². The number of anilines is 1. The van der Waals surface area contributed by atoms with Gasteiger partial charge in [-0.25, -0.2) is 4.79 Å². The first-order chi connectivity index (χ1) is 7.22. The molecule has 0 amide bonds. The van der Waals surface area contributed by atoms with Gasteiger partial charge in [0.15, 0.2) is 0 Å². The summed E-state index contributed by atoms with van der Waals surface area (Å²) < 4.78 is 0. The summed E-state index contributed by atoms with van der Waals surface area (Å²) in [6.45, 7) is 0.115. The van der Waals surface area contributed by atoms with Gasteiger partial charge in [-0.2, -0.15) is 5.10 Å². The van der Waals surface area contributed by atoms with E-state index in [1.165, 1.54) is 0 Å². The Morgan fingerprint density at radius 3 is 2.60 bits per heavy atom. The molecule has 0 saturated carbocycles. The highest BCUT2D eigenvalue weighted by Crippen LogP contribution is 2.09. The molecule has 15 heavy (non-hydrogen) atoms. The van der Waals surface area contributed by atoms with Gasteiger partial charge in [0.2, 0.25) is 0 Å². The number of benzene rings is 1. The zero-order chi connectivity index (χ0) is 11.1. The molecule has 1 aromatic carbocycles. The Kier molecular flexibility index (Phi) is 4.30. The van der Waals surface area contributed by atoms with Gasteiger partial charge in [0.05, 0.1) is 5.69 Å². The van der Waals surface area contributed by atoms with E-state index in [1.54, 1.807) is 12.1 Å². The minimum atomic E-state index is -1.10. The van der Waals surface area contributed by atoms with E-state index in [4.69, 9.17) is 10.2 Å². The molecule has 0 heterocycles. The van der Waals surface area contributed by atoms with Gasteiger partial charge in [-0.1, -0.05) is 12.1 Å². The number of carboxylic acids is 1. The maximum atomic E-state index is 10.1. The Morgan fingerprint density at radius 1 is 1.40 bits per heavy atom. The van der Waals surface area contributed by atoms with Gasteiger partial charge in [0.25, 0.3) is 0 Å². The van der Waals surface area contributed by atoms with Crippen molar-refractivity contribution < 1.29 is 15.0 Å². The van der Waals surface area contributed by atoms with Crippen molar-refractivity contribution in [2.24, 2.45) is 5.10 Å². The number of rotatable bonds is 5. The summed E-state index contributed by atoms with van der Waals surface area (Å²) in [5.41, 5.74) is 4.29. The number of carbonyl (C=O) groups is 1. The maximum Gasteiger partial charge on any atom is 0.348 e. The van der Waals surface area contributed by atoms with Crippen LogP contribution in [0.5, 0.6) is 0 Å². The summed E-state index contributed by atoms with van der Waals surface area (Å²) >= 11 is 0. The van der Waals surface area contributed by atoms with E-state index in [-0.39, 0.29) is 6.61 Å². The molecule has 0 radical (unpaired) electrons. The SMILES string of the molecule is O=C(O)/C=N/Nc1ccc(CCO)cc1. The zero-order valence-corrected chi connectivity index (χ0v) is 8.05. The van der Waals surface area contributed by atoms with E-state index in [0.717, 1.165) is 11.8 Å². The Hall–Kier alpha value is -1.88. The second kappa shape index (κ2) is 5.77. The summed E-state index contributed by atoms with van der Waals surface area (Å²) in [7, 11) is 0. The molecule has 5 heteroatoms. The zero-order valence-electron chi connectivity index (χ0n) is 8.05. The van der Waals surface area contributed by atoms with Crippen molar-refractivity contribution in [1.29, 1.82) is 0 Å². The van der Waals surface area contributed by atoms with Crippen molar-refractivity contribution in [3.8, 4) is 0 Å². The predicted octanol–water partition coefficient (Wildman–Crippen LogP) is 0.704. The Bertz CT molecular complexity index is 346. The smallest absolute Gasteiger partial charge is 0.348 e. The highest BCUT2D eigenvalue weighted by atomic mass is 16.4. The fraction of sp³-hybridized carbons (Fsp3) is 0.200. The lowest BCUT2D eigenvalue weighted by atomic mass is 10.1. The fourth-order valence-electron chi connectivity index (χ4n) is 1.04. The van der Waals surface area contributed by atoms with Crippen LogP contribution in [0.25, 0.3) is 0 Å². The van der Waals surface area contributed by atoms with Crippen molar-refractivity contribution in [2.45, 2.75) is 6.42 Å². The third kappa shape index (κ3) is 4.24. The molecular formula is C10H12N2O3. The van der Waals surface area contributed by atoms with E-state index in [0.29, 0.717) is 12.1 Å². The average molecular weight is 208 g/mol. The lowest BCUT2D eigenvalue weighted by molar-refractivity contribution is -0.128. The number of nitrogens with zero attached hydrogens (tertiary/aromatic N) is 1. The normalized spacial score (nSPS) is 10.5. The number of hydrazone groups is 1. The Balaban J connectivity index is 2.53. The molecule has 0 aliphatic rings. The van der Waals surface area contributed by atoms with Crippen LogP contribution in [0.1, 0.15) is 5.56 Å². The average Bonchev–Trinajstić information content (AvgIpc) is 2.20. The topological polar surface area (TPSA) is 81.9 Å². The molecule has 5 nitrogen and oxygen atoms in total. The highest BCUT2D eigenvalue weighted by molar-refractivity contribution is 6.22. The van der Waals surface area contributed by atoms with Crippen LogP contribution < -0.4 is 5.43 Å². The number of aliphatic hydroxyl groups excluding tert-OH is 1. The van der Waals surface area contributed by atoms with Crippen LogP contribution in [-0.2, 0) is 11.2 Å². The number of aliphatic carboxylic acids is 1. The van der Waals surface area contributed by atoms with Gasteiger partial charge in [-0.15, -0.1) is 0 Å². The van der Waals surface area contributed by atoms with E-state index < -0.39 is 5.97 Å². The van der Waals surface area contributed by atoms with Crippen LogP contribution in [0.4, 0.5) is 5.69 Å². The minimum Gasteiger partial charge on any atom is -0.477 e. The van der Waals surface area contributed by atoms with Crippen LogP contribution >= 0.6 is 0 Å². The molecule has 1 rings (SSSR count). The standard InChI is InChI=1S/C10H12N2O3/c13-6-5-8-1-3-9(4-2-8)12-11-7-10(14)15/h1-4,7,12-13H,5-6H2,(H,14,15)/b11-7+. The minimum absolute atomic E-state index is 0.115. The molecule has 3 N–H and O–H groups in total. The van der Waals surface area contributed by atoms with Gasteiger partial charge in [0, 0.05) is 6.61 Å². The lowest BCUT2D eigenvalue weighted by Gasteiger charge is -2.01. The molecule has 0 aliphatic heterocycles. The first-order valence-electron chi connectivity index (χ1n) is 4.44. The highest BCUT2D eigenvalue weighted by Gasteiger charge is 1.93. The summed E-state index contributed by atoms with van der Waals surface area (Å²) in [5.74, 6) is -1.10. The molecule has 0 fully saturated rings. The monoisotopic (exact) mass is 208 g/mol. The quantitative estimate of drug-likeness (QED) is 0.491. The third-order valence-electron chi connectivity index (χ3n) is 1.72. The second-order valence-electron chi connectivity index (χ2n) is 2.88. The molecule has 0 spiro atoms. The summed E-state index contributed by atoms with van der Waals surface area (Å²) in [5, 5.41) is 20.5. The number of aliphatic hydroxyl groups is 1. The Labute approximate surface area is 87.1 Å². The number of nitrogens with one attached hydrogen (secondary N) is 1. The largest absolute Gasteiger partial charge is 0.477 e. The maximum absolute atomic E-state index is 10.1. The lowest BCUT2D eigenvalue weighted by Crippen LogP contribution is -1.98. The van der Waals surface area contributed by atoms with Crippen molar-refractivity contribution in [3.63, 3.8) is 0 Å². The predicted molar refractivity (Wildman–Crippen MR) is 57.0 cm³/mol. The van der Waals surface area contributed by atoms with Gasteiger partial charge in [-0.05, 0) is 24.1 Å². The van der Waals surface area contributed by atoms with Crippen molar-refractivity contribution in [1.82, 2.24) is 0 Å². The van der Waals surface area contributed by atoms with Gasteiger partial charge < -0.3 is 10.2 Å². The fourth-order valence-corrected chi connectivity index (χ4v) is 1.04. The summed E-state index contributed by atoms with van der Waals surface area (Å²) in [6.07, 6.45) is 1.39. The van der Waals surface area contributed by atoms with Crippen LogP contribution in [0.3, 0.4) is 0 Å². The first-order valence-corrected chi connectivity index (χ1v) is 4.44. The van der Waals surface area contributed by atoms with Crippen LogP contribution in [0, 0.1) is 0 Å². The van der Waals surface area contributed by atoms with Crippen molar-refractivity contribution in [2.75, 3.05) is 12.0 Å². The van der Waals surface area contributed by atoms with Gasteiger partial charge >= 0.3 is 5.97 Å². The molecule has 0 atom stereocenters. The second-order valence-corrected chi connectivity index (χ2v) is 2.88. The van der Waals surface area contributed by atoms with E-state index in [2.05, 4.69) is 10.5 Å². The van der Waals surface area contributed by atoms with Crippen molar-refractivity contribution in [3.05, 3.63) is 29.8 Å². The molecule has 0 bridgehead atoms.